The number of rotatable bonds is 4. The molecule has 21 heavy (non-hydrogen) atoms. The molecule has 0 aromatic carbocycles. The third kappa shape index (κ3) is 3.14. The molecule has 1 aliphatic rings. The van der Waals surface area contributed by atoms with Crippen LogP contribution >= 0.6 is 0 Å². The number of carboxylic acids is 1. The topological polar surface area (TPSA) is 95.2 Å². The molecule has 0 spiro atoms. The Morgan fingerprint density at radius 3 is 2.76 bits per heavy atom. The smallest absolute Gasteiger partial charge is 0.311 e. The quantitative estimate of drug-likeness (QED) is 0.878. The van der Waals surface area contributed by atoms with Crippen molar-refractivity contribution < 1.29 is 14.6 Å². The van der Waals surface area contributed by atoms with Crippen LogP contribution in [0.2, 0.25) is 0 Å². The maximum atomic E-state index is 11.6. The van der Waals surface area contributed by atoms with Crippen molar-refractivity contribution in [1.82, 2.24) is 4.98 Å². The van der Waals surface area contributed by atoms with Gasteiger partial charge in [-0.25, -0.2) is 0 Å². The summed E-state index contributed by atoms with van der Waals surface area (Å²) in [5, 5.41) is 21.9. The van der Waals surface area contributed by atoms with E-state index in [1.165, 1.54) is 0 Å². The number of aryl methyl sites for hydroxylation is 2. The van der Waals surface area contributed by atoms with Crippen LogP contribution in [0.1, 0.15) is 29.8 Å². The molecule has 6 nitrogen and oxygen atoms in total. The van der Waals surface area contributed by atoms with Crippen LogP contribution in [0.5, 0.6) is 0 Å². The first-order chi connectivity index (χ1) is 9.98. The van der Waals surface area contributed by atoms with Gasteiger partial charge in [-0.1, -0.05) is 0 Å². The van der Waals surface area contributed by atoms with Crippen LogP contribution in [-0.4, -0.2) is 35.8 Å². The molecule has 0 amide bonds. The minimum absolute atomic E-state index is 0.281. The normalized spacial score (nSPS) is 17.0. The Morgan fingerprint density at radius 2 is 2.19 bits per heavy atom. The number of carboxylic acid groups (broad SMARTS) is 1. The van der Waals surface area contributed by atoms with E-state index in [0.29, 0.717) is 43.0 Å². The average molecular weight is 289 g/mol. The van der Waals surface area contributed by atoms with E-state index >= 15 is 0 Å². The van der Waals surface area contributed by atoms with E-state index in [1.54, 1.807) is 13.0 Å². The van der Waals surface area contributed by atoms with Gasteiger partial charge in [-0.15, -0.1) is 0 Å². The summed E-state index contributed by atoms with van der Waals surface area (Å²) in [4.78, 5) is 15.9. The second-order valence-corrected chi connectivity index (χ2v) is 5.43. The Morgan fingerprint density at radius 1 is 1.52 bits per heavy atom. The van der Waals surface area contributed by atoms with Crippen molar-refractivity contribution in [2.45, 2.75) is 26.7 Å². The Kier molecular flexibility index (Phi) is 4.43. The first kappa shape index (κ1) is 15.3. The number of hydrogen-bond acceptors (Lipinski definition) is 5. The van der Waals surface area contributed by atoms with E-state index in [0.717, 1.165) is 5.69 Å². The molecule has 112 valence electrons. The third-order valence-electron chi connectivity index (χ3n) is 3.96. The van der Waals surface area contributed by atoms with Gasteiger partial charge in [-0.2, -0.15) is 5.26 Å². The molecule has 1 aromatic rings. The van der Waals surface area contributed by atoms with Crippen molar-refractivity contribution in [3.8, 4) is 6.07 Å². The lowest BCUT2D eigenvalue weighted by molar-refractivity contribution is -0.153. The van der Waals surface area contributed by atoms with Gasteiger partial charge < -0.3 is 15.2 Å². The van der Waals surface area contributed by atoms with Crippen LogP contribution in [0, 0.1) is 30.6 Å². The van der Waals surface area contributed by atoms with Crippen molar-refractivity contribution in [1.29, 1.82) is 5.26 Å². The van der Waals surface area contributed by atoms with Gasteiger partial charge in [0.2, 0.25) is 0 Å². The van der Waals surface area contributed by atoms with Gasteiger partial charge in [0.1, 0.15) is 6.07 Å². The van der Waals surface area contributed by atoms with Crippen molar-refractivity contribution in [3.63, 3.8) is 0 Å². The van der Waals surface area contributed by atoms with Gasteiger partial charge in [0, 0.05) is 25.5 Å². The van der Waals surface area contributed by atoms with Gasteiger partial charge in [0.25, 0.3) is 0 Å². The molecule has 0 unspecified atom stereocenters. The predicted molar refractivity (Wildman–Crippen MR) is 77.0 cm³/mol. The largest absolute Gasteiger partial charge is 0.481 e. The summed E-state index contributed by atoms with van der Waals surface area (Å²) in [5.41, 5.74) is 1.72. The zero-order chi connectivity index (χ0) is 15.5. The van der Waals surface area contributed by atoms with Gasteiger partial charge >= 0.3 is 5.97 Å². The summed E-state index contributed by atoms with van der Waals surface area (Å²) in [6.07, 6.45) is 0.945. The SMILES string of the molecule is Cc1cc(NCC2(C(=O)O)CCOCC2)c(C#N)c(C)n1. The zero-order valence-electron chi connectivity index (χ0n) is 12.3. The molecule has 1 saturated heterocycles. The maximum absolute atomic E-state index is 11.6. The van der Waals surface area contributed by atoms with Crippen LogP contribution in [0.15, 0.2) is 6.07 Å². The lowest BCUT2D eigenvalue weighted by Crippen LogP contribution is -2.42. The summed E-state index contributed by atoms with van der Waals surface area (Å²) in [6, 6.07) is 3.90. The number of carbonyl (C=O) groups is 1. The third-order valence-corrected chi connectivity index (χ3v) is 3.96. The first-order valence-electron chi connectivity index (χ1n) is 6.92. The fourth-order valence-corrected chi connectivity index (χ4v) is 2.60. The molecule has 1 aromatic heterocycles. The van der Waals surface area contributed by atoms with Crippen molar-refractivity contribution in [2.24, 2.45) is 5.41 Å². The van der Waals surface area contributed by atoms with E-state index < -0.39 is 11.4 Å². The summed E-state index contributed by atoms with van der Waals surface area (Å²) >= 11 is 0. The number of nitrogens with one attached hydrogen (secondary N) is 1. The molecule has 0 atom stereocenters. The van der Waals surface area contributed by atoms with Crippen molar-refractivity contribution in [2.75, 3.05) is 25.1 Å². The maximum Gasteiger partial charge on any atom is 0.311 e. The highest BCUT2D eigenvalue weighted by Gasteiger charge is 2.40. The molecule has 6 heteroatoms. The van der Waals surface area contributed by atoms with Gasteiger partial charge in [0.05, 0.1) is 22.4 Å². The number of nitrogens with zero attached hydrogens (tertiary/aromatic N) is 2. The highest BCUT2D eigenvalue weighted by molar-refractivity contribution is 5.76. The standard InChI is InChI=1S/C15H19N3O3/c1-10-7-13(12(8-16)11(2)18-10)17-9-15(14(19)20)3-5-21-6-4-15/h7H,3-6,9H2,1-2H3,(H,17,18)(H,19,20). The van der Waals surface area contributed by atoms with Crippen LogP contribution in [0.25, 0.3) is 0 Å². The Balaban J connectivity index is 2.22. The van der Waals surface area contributed by atoms with Crippen LogP contribution in [0.3, 0.4) is 0 Å². The molecule has 1 aliphatic heterocycles. The monoisotopic (exact) mass is 289 g/mol. The van der Waals surface area contributed by atoms with Crippen LogP contribution in [-0.2, 0) is 9.53 Å². The minimum atomic E-state index is -0.837. The summed E-state index contributed by atoms with van der Waals surface area (Å²) in [7, 11) is 0. The van der Waals surface area contributed by atoms with Crippen LogP contribution in [0.4, 0.5) is 5.69 Å². The van der Waals surface area contributed by atoms with Crippen LogP contribution < -0.4 is 5.32 Å². The molecule has 0 radical (unpaired) electrons. The number of hydrogen-bond donors (Lipinski definition) is 2. The average Bonchev–Trinajstić information content (AvgIpc) is 2.45. The fourth-order valence-electron chi connectivity index (χ4n) is 2.60. The van der Waals surface area contributed by atoms with E-state index in [1.807, 2.05) is 6.92 Å². The molecular formula is C15H19N3O3. The van der Waals surface area contributed by atoms with Gasteiger partial charge in [-0.3, -0.25) is 9.78 Å². The summed E-state index contributed by atoms with van der Waals surface area (Å²) < 4.78 is 5.26. The predicted octanol–water partition coefficient (Wildman–Crippen LogP) is 1.86. The molecule has 0 saturated carbocycles. The zero-order valence-corrected chi connectivity index (χ0v) is 12.3. The highest BCUT2D eigenvalue weighted by atomic mass is 16.5. The number of ether oxygens (including phenoxy) is 1. The Hall–Kier alpha value is -2.13. The Bertz CT molecular complexity index is 587. The minimum Gasteiger partial charge on any atom is -0.481 e. The Labute approximate surface area is 123 Å². The second kappa shape index (κ2) is 6.10. The molecule has 1 fully saturated rings. The molecule has 2 N–H and O–H groups in total. The number of nitriles is 1. The van der Waals surface area contributed by atoms with Gasteiger partial charge in [-0.05, 0) is 32.8 Å². The molecule has 2 heterocycles. The van der Waals surface area contributed by atoms with E-state index in [-0.39, 0.29) is 6.54 Å². The van der Waals surface area contributed by atoms with Crippen molar-refractivity contribution >= 4 is 11.7 Å². The number of pyridine rings is 1. The summed E-state index contributed by atoms with van der Waals surface area (Å²) in [5.74, 6) is -0.820. The number of aliphatic carboxylic acids is 1. The molecule has 2 rings (SSSR count). The summed E-state index contributed by atoms with van der Waals surface area (Å²) in [6.45, 7) is 4.81. The van der Waals surface area contributed by atoms with E-state index in [9.17, 15) is 15.2 Å². The molecular weight excluding hydrogens is 270 g/mol. The van der Waals surface area contributed by atoms with Gasteiger partial charge in [0.15, 0.2) is 0 Å². The molecule has 0 aliphatic carbocycles. The molecule has 0 bridgehead atoms. The van der Waals surface area contributed by atoms with E-state index in [2.05, 4.69) is 16.4 Å². The number of aromatic nitrogens is 1. The fraction of sp³-hybridized carbons (Fsp3) is 0.533. The highest BCUT2D eigenvalue weighted by Crippen LogP contribution is 2.32. The lowest BCUT2D eigenvalue weighted by Gasteiger charge is -2.33. The second-order valence-electron chi connectivity index (χ2n) is 5.43. The van der Waals surface area contributed by atoms with E-state index in [4.69, 9.17) is 4.74 Å². The first-order valence-corrected chi connectivity index (χ1v) is 6.92. The number of anilines is 1. The van der Waals surface area contributed by atoms with Crippen molar-refractivity contribution in [3.05, 3.63) is 23.0 Å². The lowest BCUT2D eigenvalue weighted by atomic mass is 9.80.